The minimum Gasteiger partial charge on any atom is -0.384 e. The largest absolute Gasteiger partial charge is 0.384 e. The average Bonchev–Trinajstić information content (AvgIpc) is 2.38. The maximum absolute atomic E-state index is 13.0. The maximum atomic E-state index is 13.0. The molecule has 0 radical (unpaired) electrons. The molecule has 1 amide bonds. The first-order valence-corrected chi connectivity index (χ1v) is 5.44. The second-order valence-corrected chi connectivity index (χ2v) is 3.85. The van der Waals surface area contributed by atoms with E-state index in [0.29, 0.717) is 0 Å². The zero-order valence-electron chi connectivity index (χ0n) is 10.0. The molecular formula is C12H9FN4O3. The number of hydrogen-bond acceptors (Lipinski definition) is 5. The van der Waals surface area contributed by atoms with Gasteiger partial charge in [0, 0.05) is 5.69 Å². The van der Waals surface area contributed by atoms with E-state index in [2.05, 4.69) is 10.3 Å². The monoisotopic (exact) mass is 276 g/mol. The number of aromatic nitrogens is 1. The lowest BCUT2D eigenvalue weighted by Gasteiger charge is -2.06. The molecule has 0 atom stereocenters. The van der Waals surface area contributed by atoms with Crippen molar-refractivity contribution in [2.45, 2.75) is 0 Å². The van der Waals surface area contributed by atoms with E-state index in [9.17, 15) is 19.3 Å². The van der Waals surface area contributed by atoms with Crippen LogP contribution in [0.1, 0.15) is 10.4 Å². The Balaban J connectivity index is 2.34. The molecule has 2 rings (SSSR count). The van der Waals surface area contributed by atoms with Crippen molar-refractivity contribution in [3.05, 3.63) is 58.0 Å². The fourth-order valence-corrected chi connectivity index (χ4v) is 1.56. The molecule has 0 aliphatic rings. The molecule has 1 aromatic heterocycles. The van der Waals surface area contributed by atoms with Gasteiger partial charge in [-0.2, -0.15) is 0 Å². The summed E-state index contributed by atoms with van der Waals surface area (Å²) in [5, 5.41) is 13.2. The smallest absolute Gasteiger partial charge is 0.300 e. The zero-order chi connectivity index (χ0) is 14.7. The Bertz CT molecular complexity index is 690. The van der Waals surface area contributed by atoms with Crippen LogP contribution in [0.3, 0.4) is 0 Å². The van der Waals surface area contributed by atoms with Crippen LogP contribution in [-0.2, 0) is 0 Å². The standard InChI is InChI=1S/C12H9FN4O3/c13-7-2-1-3-8(4-7)16-12(18)9-5-11(14)15-6-10(9)17(19)20/h1-6H,(H2,14,15)(H,16,18). The van der Waals surface area contributed by atoms with Crippen molar-refractivity contribution >= 4 is 23.1 Å². The van der Waals surface area contributed by atoms with Crippen molar-refractivity contribution in [3.63, 3.8) is 0 Å². The number of hydrogen-bond donors (Lipinski definition) is 2. The Kier molecular flexibility index (Phi) is 3.56. The minimum atomic E-state index is -0.767. The summed E-state index contributed by atoms with van der Waals surface area (Å²) in [6.07, 6.45) is 0.899. The van der Waals surface area contributed by atoms with Crippen LogP contribution in [0, 0.1) is 15.9 Å². The molecule has 0 aliphatic heterocycles. The molecule has 1 aromatic carbocycles. The number of rotatable bonds is 3. The molecule has 20 heavy (non-hydrogen) atoms. The number of carbonyl (C=O) groups excluding carboxylic acids is 1. The van der Waals surface area contributed by atoms with E-state index >= 15 is 0 Å². The predicted molar refractivity (Wildman–Crippen MR) is 69.7 cm³/mol. The van der Waals surface area contributed by atoms with E-state index in [-0.39, 0.29) is 17.1 Å². The van der Waals surface area contributed by atoms with E-state index in [0.717, 1.165) is 18.3 Å². The number of amides is 1. The lowest BCUT2D eigenvalue weighted by molar-refractivity contribution is -0.385. The van der Waals surface area contributed by atoms with Crippen molar-refractivity contribution < 1.29 is 14.1 Å². The molecule has 1 heterocycles. The highest BCUT2D eigenvalue weighted by atomic mass is 19.1. The van der Waals surface area contributed by atoms with Gasteiger partial charge in [-0.05, 0) is 24.3 Å². The summed E-state index contributed by atoms with van der Waals surface area (Å²) in [6.45, 7) is 0. The average molecular weight is 276 g/mol. The predicted octanol–water partition coefficient (Wildman–Crippen LogP) is 1.96. The Morgan fingerprint density at radius 3 is 2.80 bits per heavy atom. The molecule has 0 saturated heterocycles. The van der Waals surface area contributed by atoms with Gasteiger partial charge < -0.3 is 11.1 Å². The summed E-state index contributed by atoms with van der Waals surface area (Å²) in [7, 11) is 0. The third-order valence-electron chi connectivity index (χ3n) is 2.43. The van der Waals surface area contributed by atoms with Crippen LogP contribution in [0.2, 0.25) is 0 Å². The number of nitrogens with one attached hydrogen (secondary N) is 1. The van der Waals surface area contributed by atoms with Crippen molar-refractivity contribution in [2.75, 3.05) is 11.1 Å². The van der Waals surface area contributed by atoms with Crippen LogP contribution in [0.4, 0.5) is 21.6 Å². The van der Waals surface area contributed by atoms with Crippen LogP contribution in [0.15, 0.2) is 36.5 Å². The number of halogens is 1. The SMILES string of the molecule is Nc1cc(C(=O)Nc2cccc(F)c2)c([N+](=O)[O-])cn1. The summed E-state index contributed by atoms with van der Waals surface area (Å²) in [5.74, 6) is -1.33. The molecule has 0 spiro atoms. The van der Waals surface area contributed by atoms with Gasteiger partial charge in [-0.1, -0.05) is 6.07 Å². The van der Waals surface area contributed by atoms with E-state index in [1.165, 1.54) is 18.2 Å². The van der Waals surface area contributed by atoms with E-state index in [1.54, 1.807) is 0 Å². The summed E-state index contributed by atoms with van der Waals surface area (Å²) in [4.78, 5) is 25.6. The van der Waals surface area contributed by atoms with Crippen LogP contribution in [-0.4, -0.2) is 15.8 Å². The summed E-state index contributed by atoms with van der Waals surface area (Å²) >= 11 is 0. The summed E-state index contributed by atoms with van der Waals surface area (Å²) < 4.78 is 13.0. The van der Waals surface area contributed by atoms with Gasteiger partial charge in [-0.3, -0.25) is 14.9 Å². The number of benzene rings is 1. The Hall–Kier alpha value is -3.03. The molecule has 102 valence electrons. The molecule has 0 bridgehead atoms. The Morgan fingerprint density at radius 2 is 2.15 bits per heavy atom. The van der Waals surface area contributed by atoms with Crippen LogP contribution < -0.4 is 11.1 Å². The van der Waals surface area contributed by atoms with Gasteiger partial charge in [-0.15, -0.1) is 0 Å². The van der Waals surface area contributed by atoms with Gasteiger partial charge in [0.05, 0.1) is 4.92 Å². The van der Waals surface area contributed by atoms with Crippen molar-refractivity contribution in [1.29, 1.82) is 0 Å². The molecule has 7 nitrogen and oxygen atoms in total. The highest BCUT2D eigenvalue weighted by Gasteiger charge is 2.21. The molecule has 0 aliphatic carbocycles. The van der Waals surface area contributed by atoms with Crippen molar-refractivity contribution in [1.82, 2.24) is 4.98 Å². The Labute approximate surface area is 112 Å². The molecule has 0 unspecified atom stereocenters. The number of nitrogen functional groups attached to an aromatic ring is 1. The third-order valence-corrected chi connectivity index (χ3v) is 2.43. The number of nitrogens with zero attached hydrogens (tertiary/aromatic N) is 2. The van der Waals surface area contributed by atoms with Crippen LogP contribution in [0.25, 0.3) is 0 Å². The molecule has 0 fully saturated rings. The van der Waals surface area contributed by atoms with Gasteiger partial charge in [0.2, 0.25) is 0 Å². The number of carbonyl (C=O) groups is 1. The van der Waals surface area contributed by atoms with Gasteiger partial charge >= 0.3 is 0 Å². The van der Waals surface area contributed by atoms with Crippen molar-refractivity contribution in [3.8, 4) is 0 Å². The fraction of sp³-hybridized carbons (Fsp3) is 0. The lowest BCUT2D eigenvalue weighted by atomic mass is 10.2. The number of nitro groups is 1. The molecule has 3 N–H and O–H groups in total. The second kappa shape index (κ2) is 5.31. The quantitative estimate of drug-likeness (QED) is 0.657. The second-order valence-electron chi connectivity index (χ2n) is 3.85. The molecular weight excluding hydrogens is 267 g/mol. The summed E-state index contributed by atoms with van der Waals surface area (Å²) in [5.41, 5.74) is 4.87. The fourth-order valence-electron chi connectivity index (χ4n) is 1.56. The van der Waals surface area contributed by atoms with Gasteiger partial charge in [-0.25, -0.2) is 9.37 Å². The first kappa shape index (κ1) is 13.4. The normalized spacial score (nSPS) is 10.1. The number of pyridine rings is 1. The first-order valence-electron chi connectivity index (χ1n) is 5.44. The number of nitrogens with two attached hydrogens (primary N) is 1. The Morgan fingerprint density at radius 1 is 1.40 bits per heavy atom. The highest BCUT2D eigenvalue weighted by Crippen LogP contribution is 2.20. The lowest BCUT2D eigenvalue weighted by Crippen LogP contribution is -2.15. The number of anilines is 2. The topological polar surface area (TPSA) is 111 Å². The zero-order valence-corrected chi connectivity index (χ0v) is 10.0. The minimum absolute atomic E-state index is 0.0278. The van der Waals surface area contributed by atoms with Crippen molar-refractivity contribution in [2.24, 2.45) is 0 Å². The molecule has 8 heteroatoms. The highest BCUT2D eigenvalue weighted by molar-refractivity contribution is 6.07. The van der Waals surface area contributed by atoms with Crippen LogP contribution in [0.5, 0.6) is 0 Å². The van der Waals surface area contributed by atoms with E-state index < -0.39 is 22.3 Å². The first-order chi connectivity index (χ1) is 9.47. The van der Waals surface area contributed by atoms with Gasteiger partial charge in [0.25, 0.3) is 11.6 Å². The summed E-state index contributed by atoms with van der Waals surface area (Å²) in [6, 6.07) is 6.25. The third kappa shape index (κ3) is 2.86. The van der Waals surface area contributed by atoms with Gasteiger partial charge in [0.15, 0.2) is 0 Å². The van der Waals surface area contributed by atoms with E-state index in [4.69, 9.17) is 5.73 Å². The molecule has 0 saturated carbocycles. The van der Waals surface area contributed by atoms with E-state index in [1.807, 2.05) is 0 Å². The van der Waals surface area contributed by atoms with Crippen LogP contribution >= 0.6 is 0 Å². The van der Waals surface area contributed by atoms with Gasteiger partial charge in [0.1, 0.15) is 23.4 Å². The maximum Gasteiger partial charge on any atom is 0.300 e. The molecule has 2 aromatic rings.